The van der Waals surface area contributed by atoms with E-state index in [0.29, 0.717) is 33.5 Å². The summed E-state index contributed by atoms with van der Waals surface area (Å²) in [5.41, 5.74) is 2.49. The average molecular weight is 517 g/mol. The summed E-state index contributed by atoms with van der Waals surface area (Å²) >= 11 is 6.11. The monoisotopic (exact) mass is 516 g/mol. The summed E-state index contributed by atoms with van der Waals surface area (Å²) in [5, 5.41) is 3.46. The highest BCUT2D eigenvalue weighted by atomic mass is 35.5. The zero-order valence-corrected chi connectivity index (χ0v) is 20.2. The fraction of sp³-hybridized carbons (Fsp3) is 0.217. The largest absolute Gasteiger partial charge is 0.361 e. The van der Waals surface area contributed by atoms with Gasteiger partial charge in [0.1, 0.15) is 11.4 Å². The van der Waals surface area contributed by atoms with Crippen LogP contribution in [0.15, 0.2) is 47.5 Å². The predicted octanol–water partition coefficient (Wildman–Crippen LogP) is 5.30. The summed E-state index contributed by atoms with van der Waals surface area (Å²) in [4.78, 5) is 16.2. The van der Waals surface area contributed by atoms with Gasteiger partial charge in [-0.2, -0.15) is 0 Å². The van der Waals surface area contributed by atoms with Crippen molar-refractivity contribution in [2.75, 3.05) is 22.9 Å². The first-order valence-corrected chi connectivity index (χ1v) is 12.5. The summed E-state index contributed by atoms with van der Waals surface area (Å²) in [6.07, 6.45) is -1.53. The topological polar surface area (TPSA) is 91.9 Å². The van der Waals surface area contributed by atoms with Crippen LogP contribution in [0.4, 0.5) is 37.3 Å². The number of fused-ring (bicyclic) bond motifs is 1. The van der Waals surface area contributed by atoms with Crippen molar-refractivity contribution in [3.63, 3.8) is 0 Å². The van der Waals surface area contributed by atoms with Gasteiger partial charge in [-0.15, -0.1) is 4.98 Å². The molecule has 0 amide bonds. The minimum Gasteiger partial charge on any atom is -0.361 e. The van der Waals surface area contributed by atoms with Gasteiger partial charge in [0.25, 0.3) is 12.2 Å². The van der Waals surface area contributed by atoms with Gasteiger partial charge in [0.15, 0.2) is 0 Å². The van der Waals surface area contributed by atoms with Crippen LogP contribution in [0.5, 0.6) is 0 Å². The maximum Gasteiger partial charge on any atom is 0.277 e. The second kappa shape index (κ2) is 9.56. The van der Waals surface area contributed by atoms with Crippen LogP contribution in [-0.4, -0.2) is 43.8 Å². The Balaban J connectivity index is 1.79. The molecule has 0 saturated carbocycles. The van der Waals surface area contributed by atoms with E-state index in [0.717, 1.165) is 10.6 Å². The molecular weight excluding hydrogens is 498 g/mol. The first kappa shape index (κ1) is 24.5. The second-order valence-electron chi connectivity index (χ2n) is 7.83. The number of nitrogens with one attached hydrogen (secondary N) is 1. The molecule has 1 aromatic carbocycles. The van der Waals surface area contributed by atoms with Gasteiger partial charge in [0.05, 0.1) is 46.8 Å². The molecule has 1 aliphatic heterocycles. The van der Waals surface area contributed by atoms with Crippen molar-refractivity contribution in [1.82, 2.24) is 9.97 Å². The molecule has 0 spiro atoms. The number of anilines is 3. The quantitative estimate of drug-likeness (QED) is 0.430. The molecule has 0 saturated heterocycles. The van der Waals surface area contributed by atoms with Gasteiger partial charge in [-0.1, -0.05) is 24.2 Å². The van der Waals surface area contributed by atoms with E-state index < -0.39 is 16.4 Å². The number of rotatable bonds is 7. The van der Waals surface area contributed by atoms with Crippen LogP contribution in [0.3, 0.4) is 0 Å². The molecule has 4 rings (SSSR count). The molecule has 1 aliphatic rings. The third-order valence-electron chi connectivity index (χ3n) is 5.31. The SMILES string of the molecule is [C-]#[N+]c1cccc(Cc2cc(Nc3ccc(Cl)cc3N(C)S(C)(=O)=O)c3c(n2)CC(C(F)F)=N3)n1. The number of pyridine rings is 2. The summed E-state index contributed by atoms with van der Waals surface area (Å²) < 4.78 is 52.3. The van der Waals surface area contributed by atoms with Crippen LogP contribution < -0.4 is 9.62 Å². The van der Waals surface area contributed by atoms with Gasteiger partial charge >= 0.3 is 0 Å². The molecule has 2 aromatic heterocycles. The van der Waals surface area contributed by atoms with Gasteiger partial charge in [0.2, 0.25) is 10.0 Å². The van der Waals surface area contributed by atoms with Crippen molar-refractivity contribution in [2.24, 2.45) is 4.99 Å². The Morgan fingerprint density at radius 3 is 2.63 bits per heavy atom. The number of nitrogens with zero attached hydrogens (tertiary/aromatic N) is 5. The van der Waals surface area contributed by atoms with E-state index in [4.69, 9.17) is 18.2 Å². The number of hydrogen-bond donors (Lipinski definition) is 1. The normalized spacial score (nSPS) is 12.8. The highest BCUT2D eigenvalue weighted by Crippen LogP contribution is 2.40. The molecule has 35 heavy (non-hydrogen) atoms. The molecule has 180 valence electrons. The molecule has 1 N–H and O–H groups in total. The van der Waals surface area contributed by atoms with E-state index in [9.17, 15) is 17.2 Å². The minimum atomic E-state index is -3.61. The lowest BCUT2D eigenvalue weighted by atomic mass is 10.1. The van der Waals surface area contributed by atoms with Crippen molar-refractivity contribution in [1.29, 1.82) is 0 Å². The Morgan fingerprint density at radius 1 is 1.17 bits per heavy atom. The minimum absolute atomic E-state index is 0.109. The molecule has 12 heteroatoms. The van der Waals surface area contributed by atoms with E-state index in [1.165, 1.54) is 13.1 Å². The Hall–Kier alpha value is -3.62. The first-order valence-electron chi connectivity index (χ1n) is 10.3. The van der Waals surface area contributed by atoms with Crippen LogP contribution in [-0.2, 0) is 22.9 Å². The maximum atomic E-state index is 13.4. The van der Waals surface area contributed by atoms with Crippen LogP contribution in [0.25, 0.3) is 4.85 Å². The Labute approximate surface area is 206 Å². The number of aromatic nitrogens is 2. The summed E-state index contributed by atoms with van der Waals surface area (Å²) in [6, 6.07) is 11.4. The third kappa shape index (κ3) is 5.39. The number of alkyl halides is 2. The van der Waals surface area contributed by atoms with Crippen LogP contribution in [0.2, 0.25) is 5.02 Å². The third-order valence-corrected chi connectivity index (χ3v) is 6.74. The van der Waals surface area contributed by atoms with Gasteiger partial charge in [-0.3, -0.25) is 9.29 Å². The highest BCUT2D eigenvalue weighted by molar-refractivity contribution is 7.92. The summed E-state index contributed by atoms with van der Waals surface area (Å²) in [5.74, 6) is 0.236. The van der Waals surface area contributed by atoms with Gasteiger partial charge in [-0.25, -0.2) is 22.2 Å². The standard InChI is InChI=1S/C23H19ClF2N6O2S/c1-27-21-6-4-5-14(29-21)10-15-11-17(22-18(28-15)12-19(31-22)23(25)26)30-16-8-7-13(24)9-20(16)32(2)35(3,33)34/h4-9,11,23H,10,12H2,2-3H3,(H,28,30). The molecule has 0 fully saturated rings. The number of sulfonamides is 1. The smallest absolute Gasteiger partial charge is 0.277 e. The lowest BCUT2D eigenvalue weighted by Crippen LogP contribution is -2.25. The van der Waals surface area contributed by atoms with Gasteiger partial charge in [-0.05, 0) is 36.4 Å². The van der Waals surface area contributed by atoms with E-state index in [1.54, 1.807) is 36.4 Å². The number of halogens is 3. The maximum absolute atomic E-state index is 13.4. The van der Waals surface area contributed by atoms with E-state index in [1.807, 2.05) is 0 Å². The summed E-state index contributed by atoms with van der Waals surface area (Å²) in [6.45, 7) is 7.15. The van der Waals surface area contributed by atoms with E-state index in [2.05, 4.69) is 25.1 Å². The zero-order valence-electron chi connectivity index (χ0n) is 18.6. The average Bonchev–Trinajstić information content (AvgIpc) is 3.24. The molecule has 0 unspecified atom stereocenters. The van der Waals surface area contributed by atoms with Crippen molar-refractivity contribution in [3.8, 4) is 0 Å². The number of hydrogen-bond acceptors (Lipinski definition) is 6. The molecule has 0 radical (unpaired) electrons. The number of aliphatic imine (C=N–C) groups is 1. The molecule has 0 atom stereocenters. The van der Waals surface area contributed by atoms with Crippen molar-refractivity contribution in [3.05, 3.63) is 76.0 Å². The molecular formula is C23H19ClF2N6O2S. The zero-order chi connectivity index (χ0) is 25.3. The Bertz CT molecular complexity index is 1490. The fourth-order valence-electron chi connectivity index (χ4n) is 3.57. The fourth-order valence-corrected chi connectivity index (χ4v) is 4.25. The van der Waals surface area contributed by atoms with Crippen molar-refractivity contribution in [2.45, 2.75) is 19.3 Å². The van der Waals surface area contributed by atoms with Crippen LogP contribution in [0, 0.1) is 6.57 Å². The second-order valence-corrected chi connectivity index (χ2v) is 10.3. The molecule has 3 heterocycles. The van der Waals surface area contributed by atoms with Gasteiger partial charge in [0, 0.05) is 18.5 Å². The van der Waals surface area contributed by atoms with E-state index >= 15 is 0 Å². The van der Waals surface area contributed by atoms with E-state index in [-0.39, 0.29) is 35.7 Å². The molecule has 8 nitrogen and oxygen atoms in total. The Kier molecular flexibility index (Phi) is 6.69. The molecule has 3 aromatic rings. The van der Waals surface area contributed by atoms with Crippen molar-refractivity contribution >= 4 is 55.9 Å². The van der Waals surface area contributed by atoms with Crippen molar-refractivity contribution < 1.29 is 17.2 Å². The molecule has 0 bridgehead atoms. The summed E-state index contributed by atoms with van der Waals surface area (Å²) in [7, 11) is -2.22. The number of benzene rings is 1. The predicted molar refractivity (Wildman–Crippen MR) is 132 cm³/mol. The van der Waals surface area contributed by atoms with Gasteiger partial charge < -0.3 is 10.2 Å². The van der Waals surface area contributed by atoms with Crippen LogP contribution >= 0.6 is 11.6 Å². The lowest BCUT2D eigenvalue weighted by Gasteiger charge is -2.22. The molecule has 0 aliphatic carbocycles. The first-order chi connectivity index (χ1) is 16.5. The highest BCUT2D eigenvalue weighted by Gasteiger charge is 2.27. The Morgan fingerprint density at radius 2 is 1.94 bits per heavy atom. The van der Waals surface area contributed by atoms with Crippen LogP contribution in [0.1, 0.15) is 17.1 Å². The lowest BCUT2D eigenvalue weighted by molar-refractivity contribution is 0.224.